The lowest BCUT2D eigenvalue weighted by atomic mass is 9.89. The molecule has 1 atom stereocenters. The summed E-state index contributed by atoms with van der Waals surface area (Å²) >= 11 is 5.55. The van der Waals surface area contributed by atoms with Gasteiger partial charge in [-0.2, -0.15) is 0 Å². The average molecular weight is 365 g/mol. The van der Waals surface area contributed by atoms with E-state index in [4.69, 9.17) is 12.2 Å². The van der Waals surface area contributed by atoms with Crippen LogP contribution in [0.3, 0.4) is 0 Å². The number of ketones is 1. The van der Waals surface area contributed by atoms with Crippen LogP contribution in [0.2, 0.25) is 0 Å². The number of nitrogens with zero attached hydrogens (tertiary/aromatic N) is 1. The fourth-order valence-corrected chi connectivity index (χ4v) is 3.78. The highest BCUT2D eigenvalue weighted by Gasteiger charge is 2.33. The minimum atomic E-state index is -0.232. The minimum Gasteiger partial charge on any atom is -0.351 e. The first-order valence-corrected chi connectivity index (χ1v) is 9.45. The monoisotopic (exact) mass is 364 g/mol. The summed E-state index contributed by atoms with van der Waals surface area (Å²) in [5.74, 6) is 0.0427. The maximum Gasteiger partial charge on any atom is 0.193 e. The smallest absolute Gasteiger partial charge is 0.193 e. The summed E-state index contributed by atoms with van der Waals surface area (Å²) in [6.07, 6.45) is 0.991. The summed E-state index contributed by atoms with van der Waals surface area (Å²) in [5.41, 5.74) is 4.71. The number of benzene rings is 2. The molecule has 1 aliphatic rings. The Morgan fingerprint density at radius 1 is 1.08 bits per heavy atom. The van der Waals surface area contributed by atoms with Crippen molar-refractivity contribution in [3.8, 4) is 0 Å². The van der Waals surface area contributed by atoms with Crippen molar-refractivity contribution in [2.75, 3.05) is 6.54 Å². The largest absolute Gasteiger partial charge is 0.351 e. The molecule has 4 heteroatoms. The highest BCUT2D eigenvalue weighted by atomic mass is 32.1. The van der Waals surface area contributed by atoms with Crippen molar-refractivity contribution in [1.29, 1.82) is 0 Å². The van der Waals surface area contributed by atoms with Crippen LogP contribution in [0.25, 0.3) is 0 Å². The Hall–Kier alpha value is -2.46. The maximum absolute atomic E-state index is 13.3. The highest BCUT2D eigenvalue weighted by molar-refractivity contribution is 7.80. The van der Waals surface area contributed by atoms with Gasteiger partial charge in [0.05, 0.1) is 6.04 Å². The van der Waals surface area contributed by atoms with Gasteiger partial charge in [-0.15, -0.1) is 0 Å². The fourth-order valence-electron chi connectivity index (χ4n) is 3.40. The lowest BCUT2D eigenvalue weighted by Crippen LogP contribution is -2.47. The number of Topliss-reactive ketones (excluding diaryl/α,β-unsaturated/α-hetero) is 1. The molecule has 0 amide bonds. The Balaban J connectivity index is 2.10. The van der Waals surface area contributed by atoms with Crippen molar-refractivity contribution in [3.63, 3.8) is 0 Å². The normalized spacial score (nSPS) is 17.3. The molecule has 0 aliphatic carbocycles. The summed E-state index contributed by atoms with van der Waals surface area (Å²) in [5, 5.41) is 4.05. The molecule has 0 bridgehead atoms. The van der Waals surface area contributed by atoms with Crippen LogP contribution in [-0.2, 0) is 6.42 Å². The van der Waals surface area contributed by atoms with E-state index in [1.54, 1.807) is 0 Å². The molecule has 2 aromatic rings. The molecule has 134 valence electrons. The van der Waals surface area contributed by atoms with Crippen LogP contribution in [-0.4, -0.2) is 22.3 Å². The number of rotatable bonds is 5. The van der Waals surface area contributed by atoms with Gasteiger partial charge in [0.2, 0.25) is 0 Å². The molecule has 3 rings (SSSR count). The second kappa shape index (κ2) is 7.83. The van der Waals surface area contributed by atoms with Crippen molar-refractivity contribution >= 4 is 23.1 Å². The third-order valence-corrected chi connectivity index (χ3v) is 5.25. The van der Waals surface area contributed by atoms with Gasteiger partial charge in [-0.05, 0) is 43.6 Å². The molecule has 2 aromatic carbocycles. The van der Waals surface area contributed by atoms with Crippen molar-refractivity contribution < 1.29 is 4.79 Å². The molecule has 3 nitrogen and oxygen atoms in total. The molecule has 26 heavy (non-hydrogen) atoms. The fraction of sp³-hybridized carbons (Fsp3) is 0.273. The predicted molar refractivity (Wildman–Crippen MR) is 110 cm³/mol. The maximum atomic E-state index is 13.3. The van der Waals surface area contributed by atoms with Crippen molar-refractivity contribution in [1.82, 2.24) is 10.2 Å². The number of hydrogen-bond acceptors (Lipinski definition) is 2. The zero-order chi connectivity index (χ0) is 18.7. The van der Waals surface area contributed by atoms with Crippen molar-refractivity contribution in [2.24, 2.45) is 0 Å². The molecule has 1 unspecified atom stereocenters. The molecule has 0 saturated heterocycles. The first-order valence-electron chi connectivity index (χ1n) is 9.04. The minimum absolute atomic E-state index is 0.0427. The number of aryl methyl sites for hydroxylation is 1. The van der Waals surface area contributed by atoms with Gasteiger partial charge in [-0.25, -0.2) is 0 Å². The van der Waals surface area contributed by atoms with Gasteiger partial charge in [0.15, 0.2) is 10.9 Å². The van der Waals surface area contributed by atoms with Crippen LogP contribution in [0.1, 0.15) is 48.3 Å². The molecular formula is C22H24N2OS. The lowest BCUT2D eigenvalue weighted by Gasteiger charge is -2.37. The third-order valence-electron chi connectivity index (χ3n) is 4.91. The molecule has 1 heterocycles. The summed E-state index contributed by atoms with van der Waals surface area (Å²) in [7, 11) is 0. The van der Waals surface area contributed by atoms with Gasteiger partial charge in [-0.3, -0.25) is 4.79 Å². The van der Waals surface area contributed by atoms with Crippen LogP contribution >= 0.6 is 12.2 Å². The zero-order valence-electron chi connectivity index (χ0n) is 15.5. The van der Waals surface area contributed by atoms with Crippen LogP contribution in [0.5, 0.6) is 0 Å². The second-order valence-corrected chi connectivity index (χ2v) is 6.80. The van der Waals surface area contributed by atoms with E-state index in [0.29, 0.717) is 10.7 Å². The molecule has 0 spiro atoms. The molecule has 0 saturated carbocycles. The number of allylic oxidation sites excluding steroid dienone is 1. The van der Waals surface area contributed by atoms with Gasteiger partial charge in [0.1, 0.15) is 0 Å². The van der Waals surface area contributed by atoms with Gasteiger partial charge in [-0.1, -0.05) is 61.5 Å². The van der Waals surface area contributed by atoms with Crippen LogP contribution in [0, 0.1) is 0 Å². The van der Waals surface area contributed by atoms with Gasteiger partial charge in [0, 0.05) is 23.4 Å². The molecular weight excluding hydrogens is 340 g/mol. The first kappa shape index (κ1) is 18.3. The quantitative estimate of drug-likeness (QED) is 0.618. The third kappa shape index (κ3) is 3.42. The van der Waals surface area contributed by atoms with Gasteiger partial charge < -0.3 is 10.2 Å². The Morgan fingerprint density at radius 3 is 2.31 bits per heavy atom. The number of nitrogens with one attached hydrogen (secondary N) is 1. The predicted octanol–water partition coefficient (Wildman–Crippen LogP) is 4.66. The van der Waals surface area contributed by atoms with Crippen molar-refractivity contribution in [2.45, 2.75) is 33.2 Å². The molecule has 0 fully saturated rings. The lowest BCUT2D eigenvalue weighted by molar-refractivity contribution is 0.102. The molecule has 1 N–H and O–H groups in total. The molecule has 0 radical (unpaired) electrons. The van der Waals surface area contributed by atoms with E-state index >= 15 is 0 Å². The standard InChI is InChI=1S/C22H24N2OS/c1-4-16-11-13-17(14-12-16)20-19(15(3)24(5-2)22(26)23-20)21(25)18-9-7-6-8-10-18/h6-14,20H,4-5H2,1-3H3,(H,23,26). The van der Waals surface area contributed by atoms with E-state index in [1.165, 1.54) is 5.56 Å². The average Bonchev–Trinajstić information content (AvgIpc) is 2.68. The van der Waals surface area contributed by atoms with Gasteiger partial charge in [0.25, 0.3) is 0 Å². The van der Waals surface area contributed by atoms with Crippen molar-refractivity contribution in [3.05, 3.63) is 82.6 Å². The zero-order valence-corrected chi connectivity index (χ0v) is 16.3. The van der Waals surface area contributed by atoms with Crippen LogP contribution < -0.4 is 5.32 Å². The molecule has 0 aromatic heterocycles. The number of thiocarbonyl (C=S) groups is 1. The number of carbonyl (C=O) groups is 1. The Bertz CT molecular complexity index is 840. The number of hydrogen-bond donors (Lipinski definition) is 1. The topological polar surface area (TPSA) is 32.3 Å². The summed E-state index contributed by atoms with van der Waals surface area (Å²) in [4.78, 5) is 15.3. The molecule has 1 aliphatic heterocycles. The van der Waals surface area contributed by atoms with Crippen LogP contribution in [0.15, 0.2) is 65.9 Å². The van der Waals surface area contributed by atoms with E-state index < -0.39 is 0 Å². The van der Waals surface area contributed by atoms with E-state index in [-0.39, 0.29) is 11.8 Å². The summed E-state index contributed by atoms with van der Waals surface area (Å²) < 4.78 is 0. The first-order chi connectivity index (χ1) is 12.6. The SMILES string of the molecule is CCc1ccc(C2NC(=S)N(CC)C(C)=C2C(=O)c2ccccc2)cc1. The summed E-state index contributed by atoms with van der Waals surface area (Å²) in [6.45, 7) is 6.89. The Morgan fingerprint density at radius 2 is 1.73 bits per heavy atom. The summed E-state index contributed by atoms with van der Waals surface area (Å²) in [6, 6.07) is 17.6. The van der Waals surface area contributed by atoms with E-state index in [9.17, 15) is 4.79 Å². The second-order valence-electron chi connectivity index (χ2n) is 6.42. The highest BCUT2D eigenvalue weighted by Crippen LogP contribution is 2.33. The van der Waals surface area contributed by atoms with E-state index in [0.717, 1.165) is 29.8 Å². The van der Waals surface area contributed by atoms with Gasteiger partial charge >= 0.3 is 0 Å². The number of carbonyl (C=O) groups excluding carboxylic acids is 1. The van der Waals surface area contributed by atoms with E-state index in [1.807, 2.05) is 49.1 Å². The Kier molecular flexibility index (Phi) is 5.52. The van der Waals surface area contributed by atoms with E-state index in [2.05, 4.69) is 36.5 Å². The van der Waals surface area contributed by atoms with Crippen LogP contribution in [0.4, 0.5) is 0 Å². The Labute approximate surface area is 160 Å².